The van der Waals surface area contributed by atoms with Gasteiger partial charge in [-0.15, -0.1) is 0 Å². The summed E-state index contributed by atoms with van der Waals surface area (Å²) in [6.45, 7) is 1.04. The number of carbonyl (C=O) groups is 8. The molecule has 0 N–H and O–H groups in total. The highest BCUT2D eigenvalue weighted by molar-refractivity contribution is 5.90. The van der Waals surface area contributed by atoms with E-state index >= 15 is 0 Å². The van der Waals surface area contributed by atoms with Gasteiger partial charge < -0.3 is 61.6 Å². The summed E-state index contributed by atoms with van der Waals surface area (Å²) < 4.78 is 55.8. The highest BCUT2D eigenvalue weighted by Gasteiger charge is 2.24. The van der Waals surface area contributed by atoms with Crippen molar-refractivity contribution >= 4 is 69.9 Å². The van der Waals surface area contributed by atoms with Gasteiger partial charge in [0.25, 0.3) is 0 Å². The smallest absolute Gasteiger partial charge is 0.328 e. The SMILES string of the molecule is CC(=O)OCOC(=O)CN(CC(=O)OCOC(C)=O)c1ccc(C)cc1OCCOc1cc2co[c]c2cc1N(CC(=O)OCOC(C)=O)CC(=O)OCOC(C)=O. The molecule has 2 aromatic carbocycles. The van der Waals surface area contributed by atoms with Crippen molar-refractivity contribution in [3.63, 3.8) is 0 Å². The Morgan fingerprint density at radius 3 is 1.34 bits per heavy atom. The molecular weight excluding hydrogens is 776 g/mol. The van der Waals surface area contributed by atoms with E-state index in [1.54, 1.807) is 31.2 Å². The fourth-order valence-corrected chi connectivity index (χ4v) is 4.56. The van der Waals surface area contributed by atoms with Crippen LogP contribution in [0.15, 0.2) is 41.0 Å². The third-order valence-electron chi connectivity index (χ3n) is 7.09. The van der Waals surface area contributed by atoms with Crippen molar-refractivity contribution < 1.29 is 90.1 Å². The van der Waals surface area contributed by atoms with Crippen LogP contribution in [0.4, 0.5) is 11.4 Å². The Morgan fingerprint density at radius 2 is 0.931 bits per heavy atom. The normalized spacial score (nSPS) is 10.4. The Hall–Kier alpha value is -7.06. The van der Waals surface area contributed by atoms with E-state index in [-0.39, 0.29) is 36.1 Å². The van der Waals surface area contributed by atoms with Crippen molar-refractivity contribution in [2.75, 3.05) is 76.4 Å². The van der Waals surface area contributed by atoms with Gasteiger partial charge >= 0.3 is 47.8 Å². The van der Waals surface area contributed by atoms with Crippen LogP contribution in [0.25, 0.3) is 10.8 Å². The van der Waals surface area contributed by atoms with Gasteiger partial charge in [-0.05, 0) is 36.8 Å². The molecule has 0 aliphatic carbocycles. The molecule has 0 amide bonds. The summed E-state index contributed by atoms with van der Waals surface area (Å²) in [7, 11) is 0. The molecule has 0 spiro atoms. The lowest BCUT2D eigenvalue weighted by molar-refractivity contribution is -0.167. The summed E-state index contributed by atoms with van der Waals surface area (Å²) in [5.74, 6) is -5.99. The second-order valence-electron chi connectivity index (χ2n) is 11.7. The lowest BCUT2D eigenvalue weighted by atomic mass is 10.1. The molecule has 1 heterocycles. The van der Waals surface area contributed by atoms with Crippen LogP contribution < -0.4 is 19.3 Å². The molecule has 58 heavy (non-hydrogen) atoms. The van der Waals surface area contributed by atoms with Crippen LogP contribution in [-0.4, -0.2) is 114 Å². The first kappa shape index (κ1) is 45.3. The van der Waals surface area contributed by atoms with E-state index in [4.69, 9.17) is 32.8 Å². The molecule has 0 unspecified atom stereocenters. The van der Waals surface area contributed by atoms with Crippen LogP contribution in [-0.2, 0) is 76.3 Å². The fourth-order valence-electron chi connectivity index (χ4n) is 4.56. The molecule has 0 saturated heterocycles. The van der Waals surface area contributed by atoms with Crippen LogP contribution in [0.3, 0.4) is 0 Å². The third-order valence-corrected chi connectivity index (χ3v) is 7.09. The minimum Gasteiger partial charge on any atom is -0.488 e. The average Bonchev–Trinajstić information content (AvgIpc) is 3.59. The maximum Gasteiger partial charge on any atom is 0.328 e. The standard InChI is InChI=1S/C37H41N2O19/c1-23-6-7-30(38(13-34(44)55-19-51-24(2)40)14-35(45)56-20-52-25(3)41)32(10-23)49-8-9-50-33-12-29-18-48-17-28(29)11-31(33)39(15-36(46)57-21-53-26(4)42)16-37(47)58-22-54-27(5)43/h6-7,10-12,18H,8-9,13-16,19-22H2,1-5H3. The Labute approximate surface area is 330 Å². The molecule has 0 aliphatic heterocycles. The third kappa shape index (κ3) is 16.4. The number of fused-ring (bicyclic) bond motifs is 1. The summed E-state index contributed by atoms with van der Waals surface area (Å²) >= 11 is 0. The number of hydrogen-bond acceptors (Lipinski definition) is 21. The van der Waals surface area contributed by atoms with Crippen molar-refractivity contribution in [1.29, 1.82) is 0 Å². The lowest BCUT2D eigenvalue weighted by Crippen LogP contribution is -2.37. The number of nitrogens with zero attached hydrogens (tertiary/aromatic N) is 2. The van der Waals surface area contributed by atoms with Gasteiger partial charge in [0.1, 0.15) is 50.9 Å². The zero-order valence-corrected chi connectivity index (χ0v) is 32.2. The molecule has 0 fully saturated rings. The van der Waals surface area contributed by atoms with Crippen LogP contribution in [0.2, 0.25) is 0 Å². The first-order valence-electron chi connectivity index (χ1n) is 17.1. The van der Waals surface area contributed by atoms with Crippen molar-refractivity contribution in [3.8, 4) is 11.5 Å². The van der Waals surface area contributed by atoms with Crippen LogP contribution in [0, 0.1) is 13.2 Å². The van der Waals surface area contributed by atoms with E-state index in [0.29, 0.717) is 10.8 Å². The van der Waals surface area contributed by atoms with Gasteiger partial charge in [0, 0.05) is 38.5 Å². The Kier molecular flexibility index (Phi) is 18.1. The average molecular weight is 818 g/mol. The molecule has 0 aliphatic rings. The van der Waals surface area contributed by atoms with Crippen molar-refractivity contribution in [2.45, 2.75) is 34.6 Å². The Bertz CT molecular complexity index is 1870. The number of anilines is 2. The molecule has 21 heteroatoms. The first-order chi connectivity index (χ1) is 27.6. The van der Waals surface area contributed by atoms with E-state index in [1.165, 1.54) is 22.1 Å². The first-order valence-corrected chi connectivity index (χ1v) is 17.1. The van der Waals surface area contributed by atoms with Crippen LogP contribution in [0.1, 0.15) is 33.3 Å². The highest BCUT2D eigenvalue weighted by atomic mass is 16.7. The second kappa shape index (κ2) is 23.1. The number of esters is 8. The minimum absolute atomic E-state index is 0.128. The number of aryl methyl sites for hydroxylation is 1. The molecule has 0 atom stereocenters. The highest BCUT2D eigenvalue weighted by Crippen LogP contribution is 2.35. The second-order valence-corrected chi connectivity index (χ2v) is 11.7. The van der Waals surface area contributed by atoms with Gasteiger partial charge in [-0.2, -0.15) is 0 Å². The number of ether oxygens (including phenoxy) is 10. The number of hydrogen-bond donors (Lipinski definition) is 0. The molecule has 313 valence electrons. The van der Waals surface area contributed by atoms with Gasteiger partial charge in [0.05, 0.1) is 17.6 Å². The molecule has 1 aromatic heterocycles. The molecule has 1 radical (unpaired) electrons. The topological polar surface area (TPSA) is 248 Å². The monoisotopic (exact) mass is 817 g/mol. The molecule has 3 aromatic rings. The Balaban J connectivity index is 1.85. The van der Waals surface area contributed by atoms with Crippen molar-refractivity contribution in [1.82, 2.24) is 0 Å². The molecule has 0 bridgehead atoms. The largest absolute Gasteiger partial charge is 0.488 e. The van der Waals surface area contributed by atoms with Gasteiger partial charge in [0.2, 0.25) is 27.2 Å². The van der Waals surface area contributed by atoms with Gasteiger partial charge in [-0.25, -0.2) is 0 Å². The Morgan fingerprint density at radius 1 is 0.534 bits per heavy atom. The molecule has 21 nitrogen and oxygen atoms in total. The van der Waals surface area contributed by atoms with Gasteiger partial charge in [0.15, 0.2) is 6.26 Å². The zero-order valence-electron chi connectivity index (χ0n) is 32.2. The van der Waals surface area contributed by atoms with E-state index in [9.17, 15) is 38.4 Å². The van der Waals surface area contributed by atoms with E-state index in [2.05, 4.69) is 25.2 Å². The van der Waals surface area contributed by atoms with Crippen LogP contribution >= 0.6 is 0 Å². The van der Waals surface area contributed by atoms with Crippen molar-refractivity contribution in [2.24, 2.45) is 0 Å². The maximum atomic E-state index is 12.8. The fraction of sp³-hybridized carbons (Fsp3) is 0.405. The summed E-state index contributed by atoms with van der Waals surface area (Å²) in [6.07, 6.45) is 4.05. The quantitative estimate of drug-likeness (QED) is 0.0573. The van der Waals surface area contributed by atoms with Crippen LogP contribution in [0.5, 0.6) is 11.5 Å². The van der Waals surface area contributed by atoms with E-state index < -0.39 is 101 Å². The molecule has 0 saturated carbocycles. The summed E-state index contributed by atoms with van der Waals surface area (Å²) in [6, 6.07) is 7.96. The minimum atomic E-state index is -0.901. The van der Waals surface area contributed by atoms with E-state index in [0.717, 1.165) is 33.3 Å². The van der Waals surface area contributed by atoms with Gasteiger partial charge in [-0.1, -0.05) is 6.07 Å². The predicted molar refractivity (Wildman–Crippen MR) is 193 cm³/mol. The lowest BCUT2D eigenvalue weighted by Gasteiger charge is -2.26. The van der Waals surface area contributed by atoms with Crippen molar-refractivity contribution in [3.05, 3.63) is 48.4 Å². The molecular formula is C37H41N2O19. The zero-order chi connectivity index (χ0) is 42.6. The maximum absolute atomic E-state index is 12.8. The number of carbonyl (C=O) groups excluding carboxylic acids is 8. The van der Waals surface area contributed by atoms with Gasteiger partial charge in [-0.3, -0.25) is 38.4 Å². The number of furan rings is 1. The summed E-state index contributed by atoms with van der Waals surface area (Å²) in [5.41, 5.74) is 1.14. The summed E-state index contributed by atoms with van der Waals surface area (Å²) in [4.78, 5) is 98.0. The summed E-state index contributed by atoms with van der Waals surface area (Å²) in [5, 5.41) is 0.972. The number of benzene rings is 2. The van der Waals surface area contributed by atoms with E-state index in [1.807, 2.05) is 0 Å². The number of rotatable bonds is 23. The molecule has 3 rings (SSSR count). The predicted octanol–water partition coefficient (Wildman–Crippen LogP) is 1.87.